The first-order valence-corrected chi connectivity index (χ1v) is 6.76. The summed E-state index contributed by atoms with van der Waals surface area (Å²) in [5, 5.41) is 4.13. The van der Waals surface area contributed by atoms with E-state index in [9.17, 15) is 0 Å². The summed E-state index contributed by atoms with van der Waals surface area (Å²) in [5.74, 6) is 1.35. The molecule has 2 N–H and O–H groups in total. The van der Waals surface area contributed by atoms with Gasteiger partial charge in [0.05, 0.1) is 5.54 Å². The Labute approximate surface area is 109 Å². The highest BCUT2D eigenvalue weighted by Gasteiger charge is 2.42. The van der Waals surface area contributed by atoms with Crippen molar-refractivity contribution in [1.29, 1.82) is 0 Å². The van der Waals surface area contributed by atoms with Crippen molar-refractivity contribution in [3.05, 3.63) is 11.7 Å². The summed E-state index contributed by atoms with van der Waals surface area (Å²) in [6.45, 7) is 10.7. The Balaban J connectivity index is 2.28. The molecule has 102 valence electrons. The molecule has 0 saturated heterocycles. The molecule has 1 aromatic rings. The van der Waals surface area contributed by atoms with E-state index in [0.29, 0.717) is 11.7 Å². The van der Waals surface area contributed by atoms with Crippen LogP contribution < -0.4 is 5.73 Å². The maximum Gasteiger partial charge on any atom is 0.232 e. The van der Waals surface area contributed by atoms with Gasteiger partial charge >= 0.3 is 0 Å². The SMILES string of the molecule is CC1(C)CCCC(N)(c2noc(C(C)(C)C)n2)C1. The zero-order valence-corrected chi connectivity index (χ0v) is 12.2. The fourth-order valence-electron chi connectivity index (χ4n) is 2.83. The summed E-state index contributed by atoms with van der Waals surface area (Å²) in [4.78, 5) is 4.54. The van der Waals surface area contributed by atoms with Gasteiger partial charge in [-0.05, 0) is 24.7 Å². The van der Waals surface area contributed by atoms with Gasteiger partial charge in [0.2, 0.25) is 5.89 Å². The van der Waals surface area contributed by atoms with E-state index >= 15 is 0 Å². The Morgan fingerprint density at radius 1 is 1.22 bits per heavy atom. The molecule has 18 heavy (non-hydrogen) atoms. The van der Waals surface area contributed by atoms with Gasteiger partial charge in [-0.15, -0.1) is 0 Å². The molecule has 0 aliphatic heterocycles. The van der Waals surface area contributed by atoms with Gasteiger partial charge in [0.1, 0.15) is 0 Å². The van der Waals surface area contributed by atoms with E-state index in [2.05, 4.69) is 44.8 Å². The maximum atomic E-state index is 6.53. The molecule has 1 aromatic heterocycles. The molecule has 0 bridgehead atoms. The highest BCUT2D eigenvalue weighted by molar-refractivity contribution is 5.10. The van der Waals surface area contributed by atoms with Gasteiger partial charge in [0.15, 0.2) is 5.82 Å². The molecule has 2 rings (SSSR count). The Kier molecular flexibility index (Phi) is 3.05. The molecular formula is C14H25N3O. The van der Waals surface area contributed by atoms with Crippen LogP contribution in [0.3, 0.4) is 0 Å². The van der Waals surface area contributed by atoms with Gasteiger partial charge in [-0.2, -0.15) is 4.98 Å². The van der Waals surface area contributed by atoms with Gasteiger partial charge in [-0.1, -0.05) is 46.2 Å². The number of nitrogens with zero attached hydrogens (tertiary/aromatic N) is 2. The fraction of sp³-hybridized carbons (Fsp3) is 0.857. The zero-order valence-electron chi connectivity index (χ0n) is 12.2. The summed E-state index contributed by atoms with van der Waals surface area (Å²) < 4.78 is 5.37. The number of aromatic nitrogens is 2. The van der Waals surface area contributed by atoms with Gasteiger partial charge in [-0.3, -0.25) is 0 Å². The Morgan fingerprint density at radius 3 is 2.39 bits per heavy atom. The predicted octanol–water partition coefficient (Wildman–Crippen LogP) is 3.12. The van der Waals surface area contributed by atoms with Crippen molar-refractivity contribution in [2.24, 2.45) is 11.1 Å². The topological polar surface area (TPSA) is 64.9 Å². The molecule has 1 aliphatic rings. The van der Waals surface area contributed by atoms with Gasteiger partial charge < -0.3 is 10.3 Å². The van der Waals surface area contributed by atoms with Crippen molar-refractivity contribution in [3.8, 4) is 0 Å². The fourth-order valence-corrected chi connectivity index (χ4v) is 2.83. The first-order valence-electron chi connectivity index (χ1n) is 6.76. The number of hydrogen-bond acceptors (Lipinski definition) is 4. The van der Waals surface area contributed by atoms with E-state index in [1.54, 1.807) is 0 Å². The van der Waals surface area contributed by atoms with Gasteiger partial charge in [0, 0.05) is 5.41 Å². The van der Waals surface area contributed by atoms with Gasteiger partial charge in [0.25, 0.3) is 0 Å². The summed E-state index contributed by atoms with van der Waals surface area (Å²) >= 11 is 0. The highest BCUT2D eigenvalue weighted by Crippen LogP contribution is 2.44. The van der Waals surface area contributed by atoms with Crippen LogP contribution in [0.2, 0.25) is 0 Å². The first-order chi connectivity index (χ1) is 8.12. The summed E-state index contributed by atoms with van der Waals surface area (Å²) in [5.41, 5.74) is 6.25. The first kappa shape index (κ1) is 13.5. The molecule has 4 heteroatoms. The molecule has 0 radical (unpaired) electrons. The van der Waals surface area contributed by atoms with E-state index in [4.69, 9.17) is 10.3 Å². The average molecular weight is 251 g/mol. The van der Waals surface area contributed by atoms with Gasteiger partial charge in [-0.25, -0.2) is 0 Å². The van der Waals surface area contributed by atoms with E-state index in [1.165, 1.54) is 6.42 Å². The number of nitrogens with two attached hydrogens (primary N) is 1. The molecule has 1 aliphatic carbocycles. The van der Waals surface area contributed by atoms with Crippen LogP contribution >= 0.6 is 0 Å². The Bertz CT molecular complexity index is 430. The molecule has 1 atom stereocenters. The normalized spacial score (nSPS) is 28.3. The molecule has 4 nitrogen and oxygen atoms in total. The maximum absolute atomic E-state index is 6.53. The largest absolute Gasteiger partial charge is 0.339 e. The van der Waals surface area contributed by atoms with Crippen LogP contribution in [0.4, 0.5) is 0 Å². The third-order valence-corrected chi connectivity index (χ3v) is 3.78. The summed E-state index contributed by atoms with van der Waals surface area (Å²) in [6, 6.07) is 0. The molecule has 1 heterocycles. The van der Waals surface area contributed by atoms with Crippen LogP contribution in [0.1, 0.15) is 72.0 Å². The standard InChI is InChI=1S/C14H25N3O/c1-12(2,3)11-16-10(17-18-11)14(15)8-6-7-13(4,5)9-14/h6-9,15H2,1-5H3. The third kappa shape index (κ3) is 2.58. The van der Waals surface area contributed by atoms with E-state index in [0.717, 1.165) is 19.3 Å². The summed E-state index contributed by atoms with van der Waals surface area (Å²) in [6.07, 6.45) is 4.21. The second-order valence-corrected chi connectivity index (χ2v) is 7.52. The van der Waals surface area contributed by atoms with E-state index < -0.39 is 5.54 Å². The minimum atomic E-state index is -0.422. The predicted molar refractivity (Wildman–Crippen MR) is 71.1 cm³/mol. The summed E-state index contributed by atoms with van der Waals surface area (Å²) in [7, 11) is 0. The zero-order chi connectivity index (χ0) is 13.6. The lowest BCUT2D eigenvalue weighted by Crippen LogP contribution is -2.45. The van der Waals surface area contributed by atoms with Crippen molar-refractivity contribution in [2.45, 2.75) is 71.3 Å². The number of hydrogen-bond donors (Lipinski definition) is 1. The highest BCUT2D eigenvalue weighted by atomic mass is 16.5. The number of rotatable bonds is 1. The van der Waals surface area contributed by atoms with Crippen LogP contribution in [0, 0.1) is 5.41 Å². The lowest BCUT2D eigenvalue weighted by molar-refractivity contribution is 0.142. The minimum absolute atomic E-state index is 0.119. The lowest BCUT2D eigenvalue weighted by Gasteiger charge is -2.40. The van der Waals surface area contributed by atoms with Crippen LogP contribution in [0.15, 0.2) is 4.52 Å². The third-order valence-electron chi connectivity index (χ3n) is 3.78. The molecule has 1 saturated carbocycles. The second kappa shape index (κ2) is 4.05. The van der Waals surface area contributed by atoms with Crippen LogP contribution in [0.5, 0.6) is 0 Å². The monoisotopic (exact) mass is 251 g/mol. The Hall–Kier alpha value is -0.900. The molecule has 1 unspecified atom stereocenters. The second-order valence-electron chi connectivity index (χ2n) is 7.52. The molecule has 1 fully saturated rings. The lowest BCUT2D eigenvalue weighted by atomic mass is 9.68. The average Bonchev–Trinajstić information content (AvgIpc) is 2.63. The van der Waals surface area contributed by atoms with Crippen molar-refractivity contribution in [1.82, 2.24) is 10.1 Å². The van der Waals surface area contributed by atoms with Crippen LogP contribution in [-0.2, 0) is 11.0 Å². The minimum Gasteiger partial charge on any atom is -0.339 e. The van der Waals surface area contributed by atoms with Crippen LogP contribution in [0.25, 0.3) is 0 Å². The smallest absolute Gasteiger partial charge is 0.232 e. The molecule has 0 aromatic carbocycles. The quantitative estimate of drug-likeness (QED) is 0.832. The molecular weight excluding hydrogens is 226 g/mol. The molecule has 0 spiro atoms. The molecule has 0 amide bonds. The van der Waals surface area contributed by atoms with Crippen molar-refractivity contribution >= 4 is 0 Å². The van der Waals surface area contributed by atoms with Crippen molar-refractivity contribution < 1.29 is 4.52 Å². The van der Waals surface area contributed by atoms with E-state index in [-0.39, 0.29) is 10.8 Å². The van der Waals surface area contributed by atoms with E-state index in [1.807, 2.05) is 0 Å². The van der Waals surface area contributed by atoms with Crippen molar-refractivity contribution in [2.75, 3.05) is 0 Å². The van der Waals surface area contributed by atoms with Crippen molar-refractivity contribution in [3.63, 3.8) is 0 Å². The van der Waals surface area contributed by atoms with Crippen LogP contribution in [-0.4, -0.2) is 10.1 Å². The Morgan fingerprint density at radius 2 is 1.89 bits per heavy atom.